The van der Waals surface area contributed by atoms with Gasteiger partial charge < -0.3 is 15.5 Å². The molecule has 1 aliphatic rings. The van der Waals surface area contributed by atoms with Crippen molar-refractivity contribution in [1.82, 2.24) is 10.2 Å². The lowest BCUT2D eigenvalue weighted by molar-refractivity contribution is -0.121. The quantitative estimate of drug-likeness (QED) is 0.869. The van der Waals surface area contributed by atoms with E-state index in [-0.39, 0.29) is 30.8 Å². The average molecular weight is 312 g/mol. The van der Waals surface area contributed by atoms with Crippen LogP contribution in [0.4, 0.5) is 5.69 Å². The van der Waals surface area contributed by atoms with E-state index in [0.29, 0.717) is 18.7 Å². The van der Waals surface area contributed by atoms with Crippen LogP contribution in [0.15, 0.2) is 18.2 Å². The molecule has 1 heterocycles. The van der Waals surface area contributed by atoms with Crippen LogP contribution in [0.25, 0.3) is 0 Å². The second-order valence-electron chi connectivity index (χ2n) is 4.82. The maximum absolute atomic E-state index is 12.4. The van der Waals surface area contributed by atoms with Crippen molar-refractivity contribution in [3.63, 3.8) is 0 Å². The van der Waals surface area contributed by atoms with Gasteiger partial charge in [0.2, 0.25) is 5.91 Å². The van der Waals surface area contributed by atoms with E-state index in [1.54, 1.807) is 4.90 Å². The average Bonchev–Trinajstić information content (AvgIpc) is 2.91. The number of benzene rings is 1. The monoisotopic (exact) mass is 311 g/mol. The van der Waals surface area contributed by atoms with Crippen molar-refractivity contribution in [2.45, 2.75) is 20.3 Å². The molecule has 2 amide bonds. The maximum atomic E-state index is 12.4. The third kappa shape index (κ3) is 4.11. The summed E-state index contributed by atoms with van der Waals surface area (Å²) in [4.78, 5) is 25.6. The highest BCUT2D eigenvalue weighted by atomic mass is 35.5. The second kappa shape index (κ2) is 7.88. The minimum atomic E-state index is -0.120. The molecule has 1 aliphatic heterocycles. The summed E-state index contributed by atoms with van der Waals surface area (Å²) in [6.07, 6.45) is 0.943. The minimum absolute atomic E-state index is 0. The van der Waals surface area contributed by atoms with Crippen molar-refractivity contribution in [1.29, 1.82) is 0 Å². The SMILES string of the molecule is CCNC(=O)CN(CC)C(=O)c1ccc2c(c1)CCN2.Cl. The zero-order valence-electron chi connectivity index (χ0n) is 12.4. The predicted molar refractivity (Wildman–Crippen MR) is 86.1 cm³/mol. The summed E-state index contributed by atoms with van der Waals surface area (Å²) in [6, 6.07) is 5.69. The van der Waals surface area contributed by atoms with Crippen molar-refractivity contribution in [2.75, 3.05) is 31.5 Å². The topological polar surface area (TPSA) is 61.4 Å². The predicted octanol–water partition coefficient (Wildman–Crippen LogP) is 1.67. The Hall–Kier alpha value is -1.75. The molecule has 5 nitrogen and oxygen atoms in total. The summed E-state index contributed by atoms with van der Waals surface area (Å²) in [5.41, 5.74) is 2.93. The zero-order valence-corrected chi connectivity index (χ0v) is 13.3. The fourth-order valence-electron chi connectivity index (χ4n) is 2.37. The summed E-state index contributed by atoms with van der Waals surface area (Å²) in [6.45, 7) is 5.87. The van der Waals surface area contributed by atoms with Gasteiger partial charge in [0.15, 0.2) is 0 Å². The molecule has 2 N–H and O–H groups in total. The highest BCUT2D eigenvalue weighted by molar-refractivity contribution is 5.97. The van der Waals surface area contributed by atoms with Gasteiger partial charge >= 0.3 is 0 Å². The molecular formula is C15H22ClN3O2. The van der Waals surface area contributed by atoms with E-state index in [9.17, 15) is 9.59 Å². The standard InChI is InChI=1S/C15H21N3O2.ClH/c1-3-16-14(19)10-18(4-2)15(20)12-5-6-13-11(9-12)7-8-17-13;/h5-6,9,17H,3-4,7-8,10H2,1-2H3,(H,16,19);1H. The Labute approximate surface area is 131 Å². The molecular weight excluding hydrogens is 290 g/mol. The van der Waals surface area contributed by atoms with Crippen LogP contribution in [0, 0.1) is 0 Å². The van der Waals surface area contributed by atoms with Crippen molar-refractivity contribution >= 4 is 29.9 Å². The Kier molecular flexibility index (Phi) is 6.49. The smallest absolute Gasteiger partial charge is 0.254 e. The maximum Gasteiger partial charge on any atom is 0.254 e. The Bertz CT molecular complexity index is 520. The fraction of sp³-hybridized carbons (Fsp3) is 0.467. The molecule has 0 unspecified atom stereocenters. The molecule has 1 aromatic carbocycles. The molecule has 0 aliphatic carbocycles. The zero-order chi connectivity index (χ0) is 14.5. The summed E-state index contributed by atoms with van der Waals surface area (Å²) in [5, 5.41) is 5.98. The van der Waals surface area contributed by atoms with Gasteiger partial charge in [0.05, 0.1) is 6.54 Å². The Morgan fingerprint density at radius 2 is 2.10 bits per heavy atom. The largest absolute Gasteiger partial charge is 0.384 e. The van der Waals surface area contributed by atoms with Gasteiger partial charge in [0.1, 0.15) is 0 Å². The first-order valence-corrected chi connectivity index (χ1v) is 7.08. The number of hydrogen-bond donors (Lipinski definition) is 2. The van der Waals surface area contributed by atoms with E-state index in [1.807, 2.05) is 32.0 Å². The van der Waals surface area contributed by atoms with E-state index < -0.39 is 0 Å². The molecule has 1 aromatic rings. The highest BCUT2D eigenvalue weighted by Gasteiger charge is 2.19. The highest BCUT2D eigenvalue weighted by Crippen LogP contribution is 2.23. The number of rotatable bonds is 5. The molecule has 0 bridgehead atoms. The first kappa shape index (κ1) is 17.3. The van der Waals surface area contributed by atoms with Crippen LogP contribution < -0.4 is 10.6 Å². The Morgan fingerprint density at radius 3 is 2.76 bits per heavy atom. The van der Waals surface area contributed by atoms with Crippen molar-refractivity contribution in [2.24, 2.45) is 0 Å². The van der Waals surface area contributed by atoms with Crippen LogP contribution in [0.2, 0.25) is 0 Å². The number of halogens is 1. The Morgan fingerprint density at radius 1 is 1.33 bits per heavy atom. The van der Waals surface area contributed by atoms with Crippen LogP contribution in [-0.4, -0.2) is 42.9 Å². The van der Waals surface area contributed by atoms with Crippen LogP contribution >= 0.6 is 12.4 Å². The van der Waals surface area contributed by atoms with Gasteiger partial charge in [0.25, 0.3) is 5.91 Å². The van der Waals surface area contributed by atoms with E-state index in [4.69, 9.17) is 0 Å². The number of likely N-dealkylation sites (N-methyl/N-ethyl adjacent to an activating group) is 2. The van der Waals surface area contributed by atoms with Crippen LogP contribution in [-0.2, 0) is 11.2 Å². The number of carbonyl (C=O) groups excluding carboxylic acids is 2. The van der Waals surface area contributed by atoms with Gasteiger partial charge in [-0.05, 0) is 44.0 Å². The van der Waals surface area contributed by atoms with Crippen LogP contribution in [0.3, 0.4) is 0 Å². The van der Waals surface area contributed by atoms with Crippen LogP contribution in [0.1, 0.15) is 29.8 Å². The number of nitrogens with zero attached hydrogens (tertiary/aromatic N) is 1. The van der Waals surface area contributed by atoms with Gasteiger partial charge in [-0.1, -0.05) is 0 Å². The molecule has 116 valence electrons. The van der Waals surface area contributed by atoms with Crippen LogP contribution in [0.5, 0.6) is 0 Å². The number of hydrogen-bond acceptors (Lipinski definition) is 3. The van der Waals surface area contributed by atoms with Gasteiger partial charge in [-0.3, -0.25) is 9.59 Å². The third-order valence-corrected chi connectivity index (χ3v) is 3.44. The van der Waals surface area contributed by atoms with E-state index >= 15 is 0 Å². The molecule has 21 heavy (non-hydrogen) atoms. The summed E-state index contributed by atoms with van der Waals surface area (Å²) in [5.74, 6) is -0.209. The van der Waals surface area contributed by atoms with Gasteiger partial charge in [0, 0.05) is 30.9 Å². The van der Waals surface area contributed by atoms with Crippen molar-refractivity contribution in [3.8, 4) is 0 Å². The number of carbonyl (C=O) groups is 2. The lowest BCUT2D eigenvalue weighted by atomic mass is 10.1. The molecule has 0 fully saturated rings. The number of fused-ring (bicyclic) bond motifs is 1. The molecule has 0 spiro atoms. The lowest BCUT2D eigenvalue weighted by Gasteiger charge is -2.20. The molecule has 0 aromatic heterocycles. The van der Waals surface area contributed by atoms with Gasteiger partial charge in [-0.2, -0.15) is 0 Å². The number of nitrogens with one attached hydrogen (secondary N) is 2. The fourth-order valence-corrected chi connectivity index (χ4v) is 2.37. The first-order chi connectivity index (χ1) is 9.65. The normalized spacial score (nSPS) is 11.9. The summed E-state index contributed by atoms with van der Waals surface area (Å²) < 4.78 is 0. The van der Waals surface area contributed by atoms with Crippen molar-refractivity contribution in [3.05, 3.63) is 29.3 Å². The van der Waals surface area contributed by atoms with Crippen molar-refractivity contribution < 1.29 is 9.59 Å². The minimum Gasteiger partial charge on any atom is -0.384 e. The van der Waals surface area contributed by atoms with Gasteiger partial charge in [-0.25, -0.2) is 0 Å². The molecule has 0 saturated heterocycles. The summed E-state index contributed by atoms with van der Waals surface area (Å²) in [7, 11) is 0. The Balaban J connectivity index is 0.00000220. The van der Waals surface area contributed by atoms with Gasteiger partial charge in [-0.15, -0.1) is 12.4 Å². The summed E-state index contributed by atoms with van der Waals surface area (Å²) >= 11 is 0. The molecule has 2 rings (SSSR count). The molecule has 0 saturated carbocycles. The number of amides is 2. The molecule has 0 radical (unpaired) electrons. The third-order valence-electron chi connectivity index (χ3n) is 3.44. The first-order valence-electron chi connectivity index (χ1n) is 7.08. The second-order valence-corrected chi connectivity index (χ2v) is 4.82. The lowest BCUT2D eigenvalue weighted by Crippen LogP contribution is -2.40. The van der Waals surface area contributed by atoms with E-state index in [2.05, 4.69) is 10.6 Å². The number of anilines is 1. The molecule has 6 heteroatoms. The molecule has 0 atom stereocenters. The van der Waals surface area contributed by atoms with E-state index in [1.165, 1.54) is 5.56 Å². The van der Waals surface area contributed by atoms with E-state index in [0.717, 1.165) is 18.7 Å².